The first-order chi connectivity index (χ1) is 17.2. The molecule has 2 amide bonds. The van der Waals surface area contributed by atoms with E-state index >= 15 is 0 Å². The van der Waals surface area contributed by atoms with Crippen molar-refractivity contribution in [1.82, 2.24) is 4.90 Å². The maximum absolute atomic E-state index is 13.2. The van der Waals surface area contributed by atoms with Crippen LogP contribution in [0.15, 0.2) is 42.5 Å². The van der Waals surface area contributed by atoms with Gasteiger partial charge in [0.05, 0.1) is 19.9 Å². The van der Waals surface area contributed by atoms with E-state index in [0.29, 0.717) is 42.4 Å². The van der Waals surface area contributed by atoms with Crippen LogP contribution >= 0.6 is 0 Å². The summed E-state index contributed by atoms with van der Waals surface area (Å²) >= 11 is 0. The number of anilines is 1. The lowest BCUT2D eigenvalue weighted by Crippen LogP contribution is -2.38. The highest BCUT2D eigenvalue weighted by molar-refractivity contribution is 5.91. The van der Waals surface area contributed by atoms with Crippen LogP contribution in [0.3, 0.4) is 0 Å². The number of aliphatic carboxylic acids is 1. The van der Waals surface area contributed by atoms with E-state index in [0.717, 1.165) is 24.8 Å². The molecule has 0 fully saturated rings. The maximum Gasteiger partial charge on any atom is 0.347 e. The molecule has 0 spiro atoms. The Balaban J connectivity index is 2.05. The van der Waals surface area contributed by atoms with Crippen molar-refractivity contribution < 1.29 is 28.9 Å². The number of ether oxygens (including phenoxy) is 3. The van der Waals surface area contributed by atoms with Gasteiger partial charge in [0.1, 0.15) is 17.2 Å². The smallest absolute Gasteiger partial charge is 0.347 e. The molecule has 36 heavy (non-hydrogen) atoms. The number of unbranched alkanes of at least 4 members (excludes halogenated alkanes) is 4. The normalized spacial score (nSPS) is 11.0. The van der Waals surface area contributed by atoms with Crippen molar-refractivity contribution in [1.29, 1.82) is 0 Å². The van der Waals surface area contributed by atoms with E-state index in [2.05, 4.69) is 12.2 Å². The molecule has 0 unspecified atom stereocenters. The fraction of sp³-hybridized carbons (Fsp3) is 0.500. The van der Waals surface area contributed by atoms with Gasteiger partial charge < -0.3 is 29.5 Å². The third-order valence-corrected chi connectivity index (χ3v) is 5.95. The number of hydrogen-bond acceptors (Lipinski definition) is 5. The molecule has 8 heteroatoms. The topological polar surface area (TPSA) is 97.3 Å². The second-order valence-corrected chi connectivity index (χ2v) is 9.21. The standard InChI is InChI=1S/C28H40N2O6/c1-6-7-8-9-10-18-30(27(33)29-24-16-15-23(34-4)20-25(24)35-5)19-17-21-11-13-22(14-12-21)36-28(2,3)26(31)32/h11-16,20H,6-10,17-19H2,1-5H3,(H,29,33)(H,31,32). The van der Waals surface area contributed by atoms with Crippen molar-refractivity contribution >= 4 is 17.7 Å². The van der Waals surface area contributed by atoms with E-state index < -0.39 is 11.6 Å². The van der Waals surface area contributed by atoms with Crippen molar-refractivity contribution in [3.8, 4) is 17.2 Å². The van der Waals surface area contributed by atoms with Crippen LogP contribution < -0.4 is 19.5 Å². The van der Waals surface area contributed by atoms with Gasteiger partial charge in [0, 0.05) is 19.2 Å². The molecule has 2 rings (SSSR count). The number of hydrogen-bond donors (Lipinski definition) is 2. The minimum absolute atomic E-state index is 0.183. The summed E-state index contributed by atoms with van der Waals surface area (Å²) in [6.07, 6.45) is 6.20. The van der Waals surface area contributed by atoms with E-state index in [4.69, 9.17) is 14.2 Å². The lowest BCUT2D eigenvalue weighted by molar-refractivity contribution is -0.152. The van der Waals surface area contributed by atoms with Crippen LogP contribution in [0.4, 0.5) is 10.5 Å². The fourth-order valence-corrected chi connectivity index (χ4v) is 3.64. The molecule has 0 atom stereocenters. The van der Waals surface area contributed by atoms with Crippen LogP contribution in [-0.4, -0.2) is 54.9 Å². The van der Waals surface area contributed by atoms with Crippen LogP contribution in [0.5, 0.6) is 17.2 Å². The van der Waals surface area contributed by atoms with Crippen molar-refractivity contribution in [2.24, 2.45) is 0 Å². The molecule has 0 aliphatic rings. The Morgan fingerprint density at radius 1 is 0.917 bits per heavy atom. The summed E-state index contributed by atoms with van der Waals surface area (Å²) < 4.78 is 16.2. The molecule has 0 heterocycles. The van der Waals surface area contributed by atoms with Crippen LogP contribution in [0.25, 0.3) is 0 Å². The van der Waals surface area contributed by atoms with Crippen molar-refractivity contribution in [3.05, 3.63) is 48.0 Å². The third kappa shape index (κ3) is 8.98. The van der Waals surface area contributed by atoms with E-state index in [9.17, 15) is 14.7 Å². The predicted octanol–water partition coefficient (Wildman–Crippen LogP) is 5.99. The summed E-state index contributed by atoms with van der Waals surface area (Å²) in [6, 6.07) is 12.4. The zero-order chi connectivity index (χ0) is 26.6. The lowest BCUT2D eigenvalue weighted by atomic mass is 10.1. The fourth-order valence-electron chi connectivity index (χ4n) is 3.64. The summed E-state index contributed by atoms with van der Waals surface area (Å²) in [5.74, 6) is 0.645. The molecular weight excluding hydrogens is 460 g/mol. The number of nitrogens with zero attached hydrogens (tertiary/aromatic N) is 1. The Morgan fingerprint density at radius 3 is 2.19 bits per heavy atom. The summed E-state index contributed by atoms with van der Waals surface area (Å²) in [7, 11) is 3.14. The molecule has 0 saturated heterocycles. The second kappa shape index (κ2) is 14.2. The first kappa shape index (κ1) is 28.8. The highest BCUT2D eigenvalue weighted by atomic mass is 16.5. The number of carbonyl (C=O) groups is 2. The third-order valence-electron chi connectivity index (χ3n) is 5.95. The molecule has 0 aromatic heterocycles. The number of carboxylic acids is 1. The molecule has 8 nitrogen and oxygen atoms in total. The largest absolute Gasteiger partial charge is 0.497 e. The van der Waals surface area contributed by atoms with Gasteiger partial charge in [0.15, 0.2) is 5.60 Å². The van der Waals surface area contributed by atoms with Gasteiger partial charge in [-0.05, 0) is 56.5 Å². The van der Waals surface area contributed by atoms with Gasteiger partial charge in [-0.15, -0.1) is 0 Å². The van der Waals surface area contributed by atoms with Crippen LogP contribution in [0.1, 0.15) is 58.4 Å². The Morgan fingerprint density at radius 2 is 1.58 bits per heavy atom. The van der Waals surface area contributed by atoms with Crippen LogP contribution in [0.2, 0.25) is 0 Å². The van der Waals surface area contributed by atoms with Gasteiger partial charge in [0.25, 0.3) is 0 Å². The Bertz CT molecular complexity index is 975. The van der Waals surface area contributed by atoms with Gasteiger partial charge in [0.2, 0.25) is 0 Å². The average Bonchev–Trinajstić information content (AvgIpc) is 2.86. The summed E-state index contributed by atoms with van der Waals surface area (Å²) in [6.45, 7) is 6.40. The van der Waals surface area contributed by atoms with E-state index in [1.54, 1.807) is 44.6 Å². The summed E-state index contributed by atoms with van der Waals surface area (Å²) in [5, 5.41) is 12.2. The van der Waals surface area contributed by atoms with Crippen LogP contribution in [-0.2, 0) is 11.2 Å². The molecule has 0 aliphatic carbocycles. The van der Waals surface area contributed by atoms with E-state index in [1.807, 2.05) is 17.0 Å². The van der Waals surface area contributed by atoms with Gasteiger partial charge in [-0.1, -0.05) is 44.7 Å². The van der Waals surface area contributed by atoms with E-state index in [1.165, 1.54) is 26.7 Å². The molecule has 0 aliphatic heterocycles. The number of rotatable bonds is 15. The Labute approximate surface area is 214 Å². The quantitative estimate of drug-likeness (QED) is 0.292. The van der Waals surface area contributed by atoms with E-state index in [-0.39, 0.29) is 6.03 Å². The van der Waals surface area contributed by atoms with Crippen molar-refractivity contribution in [3.63, 3.8) is 0 Å². The number of urea groups is 1. The maximum atomic E-state index is 13.2. The van der Waals surface area contributed by atoms with Crippen molar-refractivity contribution in [2.75, 3.05) is 32.6 Å². The number of methoxy groups -OCH3 is 2. The molecular formula is C28H40N2O6. The number of carboxylic acid groups (broad SMARTS) is 1. The number of amides is 2. The summed E-state index contributed by atoms with van der Waals surface area (Å²) in [4.78, 5) is 26.3. The van der Waals surface area contributed by atoms with Gasteiger partial charge in [-0.25, -0.2) is 9.59 Å². The number of benzene rings is 2. The first-order valence-electron chi connectivity index (χ1n) is 12.5. The minimum Gasteiger partial charge on any atom is -0.497 e. The molecule has 0 radical (unpaired) electrons. The van der Waals surface area contributed by atoms with Gasteiger partial charge in [-0.3, -0.25) is 0 Å². The summed E-state index contributed by atoms with van der Waals surface area (Å²) in [5.41, 5.74) is 0.305. The Hall–Kier alpha value is -3.42. The number of carbonyl (C=O) groups excluding carboxylic acids is 1. The molecule has 198 valence electrons. The second-order valence-electron chi connectivity index (χ2n) is 9.21. The lowest BCUT2D eigenvalue weighted by Gasteiger charge is -2.24. The first-order valence-corrected chi connectivity index (χ1v) is 12.5. The predicted molar refractivity (Wildman–Crippen MR) is 141 cm³/mol. The molecule has 2 aromatic carbocycles. The molecule has 0 saturated carbocycles. The molecule has 2 N–H and O–H groups in total. The van der Waals surface area contributed by atoms with Crippen molar-refractivity contribution in [2.45, 2.75) is 64.9 Å². The molecule has 2 aromatic rings. The van der Waals surface area contributed by atoms with Gasteiger partial charge >= 0.3 is 12.0 Å². The monoisotopic (exact) mass is 500 g/mol. The highest BCUT2D eigenvalue weighted by Crippen LogP contribution is 2.29. The van der Waals surface area contributed by atoms with Gasteiger partial charge in [-0.2, -0.15) is 0 Å². The Kier molecular flexibility index (Phi) is 11.4. The zero-order valence-corrected chi connectivity index (χ0v) is 22.1. The SMILES string of the molecule is CCCCCCCN(CCc1ccc(OC(C)(C)C(=O)O)cc1)C(=O)Nc1ccc(OC)cc1OC. The average molecular weight is 501 g/mol. The van der Waals surface area contributed by atoms with Crippen LogP contribution in [0, 0.1) is 0 Å². The highest BCUT2D eigenvalue weighted by Gasteiger charge is 2.29. The number of nitrogens with one attached hydrogen (secondary N) is 1. The molecule has 0 bridgehead atoms. The zero-order valence-electron chi connectivity index (χ0n) is 22.1. The minimum atomic E-state index is -1.31.